The molecule has 1 amide bonds. The van der Waals surface area contributed by atoms with Gasteiger partial charge < -0.3 is 11.1 Å². The first-order valence-electron chi connectivity index (χ1n) is 7.24. The summed E-state index contributed by atoms with van der Waals surface area (Å²) < 4.78 is 0. The van der Waals surface area contributed by atoms with Gasteiger partial charge in [-0.2, -0.15) is 0 Å². The van der Waals surface area contributed by atoms with Gasteiger partial charge in [0, 0.05) is 17.5 Å². The molecule has 0 radical (unpaired) electrons. The Bertz CT molecular complexity index is 450. The van der Waals surface area contributed by atoms with Crippen molar-refractivity contribution >= 4 is 17.2 Å². The lowest BCUT2D eigenvalue weighted by atomic mass is 9.84. The Labute approximate surface area is 117 Å². The van der Waals surface area contributed by atoms with Crippen LogP contribution in [-0.2, 0) is 24.2 Å². The molecule has 3 rings (SSSR count). The standard InChI is InChI=1S/C14H21N3OS/c15-14(18)9-4-1-2-5-10(9)16-8-13-17-11-6-3-7-12(11)19-13/h9-10,16H,1-8H2,(H2,15,18)/t9-,10+/m0/s1. The van der Waals surface area contributed by atoms with Crippen LogP contribution in [0.1, 0.15) is 47.7 Å². The van der Waals surface area contributed by atoms with Gasteiger partial charge in [-0.05, 0) is 32.1 Å². The number of nitrogens with zero attached hydrogens (tertiary/aromatic N) is 1. The summed E-state index contributed by atoms with van der Waals surface area (Å²) in [6.07, 6.45) is 7.89. The van der Waals surface area contributed by atoms with E-state index in [1.807, 2.05) is 11.3 Å². The third kappa shape index (κ3) is 2.82. The van der Waals surface area contributed by atoms with E-state index in [0.717, 1.165) is 32.2 Å². The van der Waals surface area contributed by atoms with Crippen LogP contribution < -0.4 is 11.1 Å². The summed E-state index contributed by atoms with van der Waals surface area (Å²) in [5.41, 5.74) is 6.80. The van der Waals surface area contributed by atoms with Crippen molar-refractivity contribution < 1.29 is 4.79 Å². The van der Waals surface area contributed by atoms with Gasteiger partial charge in [0.05, 0.1) is 11.6 Å². The van der Waals surface area contributed by atoms with Crippen LogP contribution in [-0.4, -0.2) is 16.9 Å². The molecule has 3 N–H and O–H groups in total. The van der Waals surface area contributed by atoms with E-state index < -0.39 is 0 Å². The van der Waals surface area contributed by atoms with Crippen LogP contribution in [0.3, 0.4) is 0 Å². The number of hydrogen-bond donors (Lipinski definition) is 2. The quantitative estimate of drug-likeness (QED) is 0.882. The predicted octanol–water partition coefficient (Wildman–Crippen LogP) is 1.77. The molecule has 1 saturated carbocycles. The number of nitrogens with two attached hydrogens (primary N) is 1. The molecule has 0 aliphatic heterocycles. The molecule has 0 unspecified atom stereocenters. The molecule has 0 aromatic carbocycles. The number of fused-ring (bicyclic) bond motifs is 1. The molecule has 4 nitrogen and oxygen atoms in total. The zero-order chi connectivity index (χ0) is 13.2. The number of hydrogen-bond acceptors (Lipinski definition) is 4. The molecule has 1 aromatic heterocycles. The van der Waals surface area contributed by atoms with Gasteiger partial charge in [-0.25, -0.2) is 4.98 Å². The van der Waals surface area contributed by atoms with E-state index in [9.17, 15) is 4.79 Å². The van der Waals surface area contributed by atoms with E-state index in [2.05, 4.69) is 10.3 Å². The van der Waals surface area contributed by atoms with E-state index in [4.69, 9.17) is 5.73 Å². The number of primary amides is 1. The number of amides is 1. The molecule has 104 valence electrons. The number of carbonyl (C=O) groups is 1. The fourth-order valence-electron chi connectivity index (χ4n) is 3.25. The van der Waals surface area contributed by atoms with Gasteiger partial charge in [-0.15, -0.1) is 11.3 Å². The van der Waals surface area contributed by atoms with Crippen LogP contribution in [0.2, 0.25) is 0 Å². The van der Waals surface area contributed by atoms with Crippen LogP contribution in [0.25, 0.3) is 0 Å². The van der Waals surface area contributed by atoms with Gasteiger partial charge >= 0.3 is 0 Å². The van der Waals surface area contributed by atoms with Crippen LogP contribution in [0.4, 0.5) is 0 Å². The fraction of sp³-hybridized carbons (Fsp3) is 0.714. The number of nitrogens with one attached hydrogen (secondary N) is 1. The highest BCUT2D eigenvalue weighted by atomic mass is 32.1. The Morgan fingerprint density at radius 3 is 2.95 bits per heavy atom. The molecular weight excluding hydrogens is 258 g/mol. The molecule has 1 aromatic rings. The normalized spacial score (nSPS) is 26.3. The van der Waals surface area contributed by atoms with Crippen LogP contribution >= 0.6 is 11.3 Å². The summed E-state index contributed by atoms with van der Waals surface area (Å²) in [6, 6.07) is 0.241. The first-order valence-corrected chi connectivity index (χ1v) is 8.06. The molecule has 2 aliphatic carbocycles. The number of aryl methyl sites for hydroxylation is 2. The average Bonchev–Trinajstić information content (AvgIpc) is 2.97. The Morgan fingerprint density at radius 2 is 2.16 bits per heavy atom. The minimum Gasteiger partial charge on any atom is -0.369 e. The van der Waals surface area contributed by atoms with Crippen molar-refractivity contribution in [2.75, 3.05) is 0 Å². The van der Waals surface area contributed by atoms with Crippen LogP contribution in [0.5, 0.6) is 0 Å². The Kier molecular flexibility index (Phi) is 3.84. The molecule has 5 heteroatoms. The molecule has 19 heavy (non-hydrogen) atoms. The van der Waals surface area contributed by atoms with Crippen molar-refractivity contribution in [3.8, 4) is 0 Å². The lowest BCUT2D eigenvalue weighted by molar-refractivity contribution is -0.123. The third-order valence-corrected chi connectivity index (χ3v) is 5.44. The second-order valence-corrected chi connectivity index (χ2v) is 6.78. The van der Waals surface area contributed by atoms with Crippen molar-refractivity contribution in [2.45, 2.75) is 57.5 Å². The summed E-state index contributed by atoms with van der Waals surface area (Å²) in [4.78, 5) is 17.6. The van der Waals surface area contributed by atoms with Crippen molar-refractivity contribution in [3.05, 3.63) is 15.6 Å². The molecule has 2 aliphatic rings. The monoisotopic (exact) mass is 279 g/mol. The smallest absolute Gasteiger partial charge is 0.222 e. The van der Waals surface area contributed by atoms with Gasteiger partial charge in [0.15, 0.2) is 0 Å². The SMILES string of the molecule is NC(=O)[C@H]1CCCC[C@H]1NCc1nc2c(s1)CCC2. The number of carbonyl (C=O) groups excluding carboxylic acids is 1. The average molecular weight is 279 g/mol. The zero-order valence-electron chi connectivity index (χ0n) is 11.2. The maximum Gasteiger partial charge on any atom is 0.222 e. The Hall–Kier alpha value is -0.940. The highest BCUT2D eigenvalue weighted by Gasteiger charge is 2.29. The van der Waals surface area contributed by atoms with Crippen molar-refractivity contribution in [1.82, 2.24) is 10.3 Å². The Morgan fingerprint density at radius 1 is 1.32 bits per heavy atom. The van der Waals surface area contributed by atoms with Gasteiger partial charge in [-0.3, -0.25) is 4.79 Å². The first-order chi connectivity index (χ1) is 9.24. The van der Waals surface area contributed by atoms with Crippen molar-refractivity contribution in [2.24, 2.45) is 11.7 Å². The Balaban J connectivity index is 1.59. The summed E-state index contributed by atoms with van der Waals surface area (Å²) in [5.74, 6) is -0.153. The number of rotatable bonds is 4. The van der Waals surface area contributed by atoms with Gasteiger partial charge in [0.2, 0.25) is 5.91 Å². The number of aromatic nitrogens is 1. The van der Waals surface area contributed by atoms with Gasteiger partial charge in [0.1, 0.15) is 5.01 Å². The van der Waals surface area contributed by atoms with Crippen LogP contribution in [0, 0.1) is 5.92 Å². The number of thiazole rings is 1. The van der Waals surface area contributed by atoms with E-state index in [1.165, 1.54) is 34.8 Å². The van der Waals surface area contributed by atoms with E-state index in [-0.39, 0.29) is 17.9 Å². The second kappa shape index (κ2) is 5.59. The van der Waals surface area contributed by atoms with Crippen LogP contribution in [0.15, 0.2) is 0 Å². The zero-order valence-corrected chi connectivity index (χ0v) is 12.0. The molecule has 0 spiro atoms. The molecule has 0 saturated heterocycles. The summed E-state index contributed by atoms with van der Waals surface area (Å²) in [5, 5.41) is 4.67. The molecule has 2 atom stereocenters. The summed E-state index contributed by atoms with van der Waals surface area (Å²) >= 11 is 1.83. The minimum atomic E-state index is -0.154. The summed E-state index contributed by atoms with van der Waals surface area (Å²) in [6.45, 7) is 0.784. The van der Waals surface area contributed by atoms with E-state index in [0.29, 0.717) is 0 Å². The predicted molar refractivity (Wildman–Crippen MR) is 75.9 cm³/mol. The second-order valence-electron chi connectivity index (χ2n) is 5.61. The summed E-state index contributed by atoms with van der Waals surface area (Å²) in [7, 11) is 0. The topological polar surface area (TPSA) is 68.0 Å². The van der Waals surface area contributed by atoms with Gasteiger partial charge in [0.25, 0.3) is 0 Å². The highest BCUT2D eigenvalue weighted by molar-refractivity contribution is 7.11. The molecule has 1 fully saturated rings. The van der Waals surface area contributed by atoms with Crippen molar-refractivity contribution in [3.63, 3.8) is 0 Å². The largest absolute Gasteiger partial charge is 0.369 e. The molecular formula is C14H21N3OS. The fourth-order valence-corrected chi connectivity index (χ4v) is 4.36. The minimum absolute atomic E-state index is 0.000518. The van der Waals surface area contributed by atoms with Crippen molar-refractivity contribution in [1.29, 1.82) is 0 Å². The van der Waals surface area contributed by atoms with E-state index in [1.54, 1.807) is 0 Å². The highest BCUT2D eigenvalue weighted by Crippen LogP contribution is 2.28. The van der Waals surface area contributed by atoms with Gasteiger partial charge in [-0.1, -0.05) is 12.8 Å². The molecule has 1 heterocycles. The first kappa shape index (κ1) is 13.1. The maximum atomic E-state index is 11.5. The maximum absolute atomic E-state index is 11.5. The third-order valence-electron chi connectivity index (χ3n) is 4.29. The lowest BCUT2D eigenvalue weighted by Gasteiger charge is -2.29. The lowest BCUT2D eigenvalue weighted by Crippen LogP contribution is -2.44. The molecule has 0 bridgehead atoms. The van der Waals surface area contributed by atoms with E-state index >= 15 is 0 Å².